The molecule has 100 valence electrons. The largest absolute Gasteiger partial charge is 0.378 e. The van der Waals surface area contributed by atoms with E-state index in [2.05, 4.69) is 51.6 Å². The Hall–Kier alpha value is -2.10. The second-order valence-corrected chi connectivity index (χ2v) is 4.67. The third kappa shape index (κ3) is 3.44. The monoisotopic (exact) mass is 256 g/mol. The molecule has 0 spiro atoms. The van der Waals surface area contributed by atoms with Crippen LogP contribution in [0.25, 0.3) is 11.3 Å². The van der Waals surface area contributed by atoms with Crippen LogP contribution in [-0.4, -0.2) is 30.8 Å². The molecule has 1 aromatic carbocycles. The number of nitrogens with zero attached hydrogens (tertiary/aromatic N) is 3. The number of aromatic nitrogens is 2. The molecule has 19 heavy (non-hydrogen) atoms. The van der Waals surface area contributed by atoms with Gasteiger partial charge in [-0.15, -0.1) is 10.2 Å². The molecule has 2 rings (SSSR count). The molecule has 4 nitrogen and oxygen atoms in total. The van der Waals surface area contributed by atoms with Crippen LogP contribution in [0.15, 0.2) is 36.4 Å². The molecule has 0 bridgehead atoms. The number of nitrogens with one attached hydrogen (secondary N) is 1. The maximum atomic E-state index is 4.25. The molecule has 0 atom stereocenters. The van der Waals surface area contributed by atoms with Gasteiger partial charge in [-0.1, -0.05) is 19.1 Å². The van der Waals surface area contributed by atoms with Gasteiger partial charge in [-0.2, -0.15) is 0 Å². The summed E-state index contributed by atoms with van der Waals surface area (Å²) in [5.74, 6) is 0.829. The zero-order chi connectivity index (χ0) is 13.7. The Labute approximate surface area is 114 Å². The smallest absolute Gasteiger partial charge is 0.148 e. The molecule has 1 N–H and O–H groups in total. The van der Waals surface area contributed by atoms with Crippen LogP contribution >= 0.6 is 0 Å². The van der Waals surface area contributed by atoms with E-state index in [1.165, 1.54) is 5.69 Å². The molecule has 0 unspecified atom stereocenters. The first-order valence-corrected chi connectivity index (χ1v) is 6.56. The number of hydrogen-bond donors (Lipinski definition) is 1. The van der Waals surface area contributed by atoms with Gasteiger partial charge >= 0.3 is 0 Å². The number of hydrogen-bond acceptors (Lipinski definition) is 4. The van der Waals surface area contributed by atoms with Crippen molar-refractivity contribution < 1.29 is 0 Å². The van der Waals surface area contributed by atoms with E-state index < -0.39 is 0 Å². The van der Waals surface area contributed by atoms with Crippen molar-refractivity contribution in [2.75, 3.05) is 30.9 Å². The van der Waals surface area contributed by atoms with Gasteiger partial charge in [0.1, 0.15) is 5.82 Å². The minimum absolute atomic E-state index is 0.829. The van der Waals surface area contributed by atoms with Gasteiger partial charge in [0.25, 0.3) is 0 Å². The summed E-state index contributed by atoms with van der Waals surface area (Å²) in [6, 6.07) is 12.3. The van der Waals surface area contributed by atoms with E-state index in [1.807, 2.05) is 26.2 Å². The molecule has 0 fully saturated rings. The normalized spacial score (nSPS) is 10.3. The second-order valence-electron chi connectivity index (χ2n) is 4.67. The minimum Gasteiger partial charge on any atom is -0.378 e. The van der Waals surface area contributed by atoms with Crippen LogP contribution in [0.2, 0.25) is 0 Å². The Morgan fingerprint density at radius 3 is 2.26 bits per heavy atom. The van der Waals surface area contributed by atoms with Gasteiger partial charge in [-0.3, -0.25) is 0 Å². The summed E-state index contributed by atoms with van der Waals surface area (Å²) in [6.07, 6.45) is 1.08. The van der Waals surface area contributed by atoms with Crippen LogP contribution in [-0.2, 0) is 0 Å². The second kappa shape index (κ2) is 6.18. The van der Waals surface area contributed by atoms with Crippen LogP contribution in [0.5, 0.6) is 0 Å². The molecule has 0 saturated heterocycles. The summed E-state index contributed by atoms with van der Waals surface area (Å²) in [7, 11) is 4.06. The van der Waals surface area contributed by atoms with Crippen molar-refractivity contribution >= 4 is 11.5 Å². The Morgan fingerprint density at radius 2 is 1.74 bits per heavy atom. The summed E-state index contributed by atoms with van der Waals surface area (Å²) in [5, 5.41) is 11.6. The zero-order valence-electron chi connectivity index (χ0n) is 11.7. The lowest BCUT2D eigenvalue weighted by molar-refractivity contribution is 0.945. The molecule has 4 heteroatoms. The highest BCUT2D eigenvalue weighted by atomic mass is 15.2. The molecule has 2 aromatic rings. The van der Waals surface area contributed by atoms with E-state index in [0.717, 1.165) is 30.0 Å². The number of rotatable bonds is 5. The van der Waals surface area contributed by atoms with Crippen LogP contribution in [0, 0.1) is 0 Å². The Balaban J connectivity index is 2.13. The highest BCUT2D eigenvalue weighted by molar-refractivity contribution is 5.63. The maximum absolute atomic E-state index is 4.25. The average Bonchev–Trinajstić information content (AvgIpc) is 2.46. The molecule has 0 saturated carbocycles. The topological polar surface area (TPSA) is 41.0 Å². The summed E-state index contributed by atoms with van der Waals surface area (Å²) in [6.45, 7) is 3.05. The van der Waals surface area contributed by atoms with Gasteiger partial charge in [0.2, 0.25) is 0 Å². The van der Waals surface area contributed by atoms with Crippen LogP contribution in [0.1, 0.15) is 13.3 Å². The molecule has 1 heterocycles. The molecule has 0 amide bonds. The Bertz CT molecular complexity index is 503. The third-order valence-corrected chi connectivity index (χ3v) is 2.90. The van der Waals surface area contributed by atoms with Crippen LogP contribution in [0.3, 0.4) is 0 Å². The molecular formula is C15H20N4. The lowest BCUT2D eigenvalue weighted by Crippen LogP contribution is -2.08. The van der Waals surface area contributed by atoms with Crippen molar-refractivity contribution in [2.45, 2.75) is 13.3 Å². The van der Waals surface area contributed by atoms with Gasteiger partial charge in [-0.05, 0) is 30.7 Å². The summed E-state index contributed by atoms with van der Waals surface area (Å²) in [4.78, 5) is 2.08. The van der Waals surface area contributed by atoms with Crippen LogP contribution < -0.4 is 10.2 Å². The molecule has 1 aromatic heterocycles. The lowest BCUT2D eigenvalue weighted by atomic mass is 10.1. The fraction of sp³-hybridized carbons (Fsp3) is 0.333. The van der Waals surface area contributed by atoms with Crippen molar-refractivity contribution in [3.05, 3.63) is 36.4 Å². The molecule has 0 aliphatic heterocycles. The van der Waals surface area contributed by atoms with Crippen LogP contribution in [0.4, 0.5) is 11.5 Å². The van der Waals surface area contributed by atoms with Crippen molar-refractivity contribution in [3.63, 3.8) is 0 Å². The van der Waals surface area contributed by atoms with Crippen molar-refractivity contribution in [1.82, 2.24) is 10.2 Å². The Kier molecular flexibility index (Phi) is 4.34. The number of anilines is 2. The zero-order valence-corrected chi connectivity index (χ0v) is 11.7. The summed E-state index contributed by atoms with van der Waals surface area (Å²) >= 11 is 0. The molecular weight excluding hydrogens is 236 g/mol. The summed E-state index contributed by atoms with van der Waals surface area (Å²) in [5.41, 5.74) is 3.16. The van der Waals surface area contributed by atoms with E-state index in [0.29, 0.717) is 0 Å². The highest BCUT2D eigenvalue weighted by Crippen LogP contribution is 2.20. The SMILES string of the molecule is CCCNc1ccc(-c2ccc(N(C)C)cc2)nn1. The van der Waals surface area contributed by atoms with E-state index in [9.17, 15) is 0 Å². The fourth-order valence-corrected chi connectivity index (χ4v) is 1.76. The van der Waals surface area contributed by atoms with Gasteiger partial charge in [0.15, 0.2) is 0 Å². The van der Waals surface area contributed by atoms with Gasteiger partial charge in [-0.25, -0.2) is 0 Å². The Morgan fingerprint density at radius 1 is 1.00 bits per heavy atom. The molecule has 0 aliphatic rings. The third-order valence-electron chi connectivity index (χ3n) is 2.90. The predicted molar refractivity (Wildman–Crippen MR) is 80.6 cm³/mol. The van der Waals surface area contributed by atoms with Gasteiger partial charge in [0, 0.05) is 31.9 Å². The van der Waals surface area contributed by atoms with Gasteiger partial charge < -0.3 is 10.2 Å². The molecule has 0 aliphatic carbocycles. The quantitative estimate of drug-likeness (QED) is 0.892. The summed E-state index contributed by atoms with van der Waals surface area (Å²) < 4.78 is 0. The van der Waals surface area contributed by atoms with Crippen molar-refractivity contribution in [3.8, 4) is 11.3 Å². The highest BCUT2D eigenvalue weighted by Gasteiger charge is 2.02. The minimum atomic E-state index is 0.829. The number of benzene rings is 1. The van der Waals surface area contributed by atoms with E-state index >= 15 is 0 Å². The van der Waals surface area contributed by atoms with E-state index in [4.69, 9.17) is 0 Å². The standard InChI is InChI=1S/C15H20N4/c1-4-11-16-15-10-9-14(17-18-15)12-5-7-13(8-6-12)19(2)3/h5-10H,4,11H2,1-3H3,(H,16,18). The van der Waals surface area contributed by atoms with Crippen molar-refractivity contribution in [1.29, 1.82) is 0 Å². The lowest BCUT2D eigenvalue weighted by Gasteiger charge is -2.12. The van der Waals surface area contributed by atoms with E-state index in [-0.39, 0.29) is 0 Å². The first-order valence-electron chi connectivity index (χ1n) is 6.56. The van der Waals surface area contributed by atoms with Gasteiger partial charge in [0.05, 0.1) is 5.69 Å². The fourth-order valence-electron chi connectivity index (χ4n) is 1.76. The molecule has 0 radical (unpaired) electrons. The predicted octanol–water partition coefficient (Wildman–Crippen LogP) is 3.03. The first-order chi connectivity index (χ1) is 9.20. The van der Waals surface area contributed by atoms with Crippen molar-refractivity contribution in [2.24, 2.45) is 0 Å². The first kappa shape index (κ1) is 13.3. The van der Waals surface area contributed by atoms with E-state index in [1.54, 1.807) is 0 Å². The average molecular weight is 256 g/mol. The maximum Gasteiger partial charge on any atom is 0.148 e.